The Balaban J connectivity index is 1.74. The largest absolute Gasteiger partial charge is 0.497 e. The summed E-state index contributed by atoms with van der Waals surface area (Å²) in [4.78, 5) is 10.4. The number of ether oxygens (including phenoxy) is 1. The van der Waals surface area contributed by atoms with Crippen molar-refractivity contribution in [1.29, 1.82) is 0 Å². The number of rotatable bonds is 7. The minimum atomic E-state index is 0.491. The Bertz CT molecular complexity index is 536. The maximum atomic E-state index is 5.30. The minimum absolute atomic E-state index is 0.491. The van der Waals surface area contributed by atoms with Crippen molar-refractivity contribution in [2.75, 3.05) is 7.11 Å². The first-order chi connectivity index (χ1) is 9.78. The third-order valence-corrected chi connectivity index (χ3v) is 3.60. The molecule has 0 saturated heterocycles. The number of thiazole rings is 1. The monoisotopic (exact) mass is 290 g/mol. The van der Waals surface area contributed by atoms with Gasteiger partial charge in [-0.25, -0.2) is 0 Å². The fourth-order valence-electron chi connectivity index (χ4n) is 1.68. The van der Waals surface area contributed by atoms with Gasteiger partial charge in [-0.1, -0.05) is 17.3 Å². The molecule has 0 saturated carbocycles. The summed E-state index contributed by atoms with van der Waals surface area (Å²) < 4.78 is 5.14. The molecule has 0 radical (unpaired) electrons. The van der Waals surface area contributed by atoms with E-state index in [-0.39, 0.29) is 0 Å². The van der Waals surface area contributed by atoms with Crippen molar-refractivity contribution < 1.29 is 9.57 Å². The van der Waals surface area contributed by atoms with Crippen LogP contribution in [0.4, 0.5) is 0 Å². The van der Waals surface area contributed by atoms with Crippen LogP contribution < -0.4 is 4.74 Å². The van der Waals surface area contributed by atoms with Crippen molar-refractivity contribution in [1.82, 2.24) is 4.98 Å². The second-order valence-electron chi connectivity index (χ2n) is 4.42. The molecule has 0 N–H and O–H groups in total. The van der Waals surface area contributed by atoms with Crippen LogP contribution in [0.25, 0.3) is 0 Å². The van der Waals surface area contributed by atoms with Gasteiger partial charge in [-0.3, -0.25) is 4.98 Å². The highest BCUT2D eigenvalue weighted by molar-refractivity contribution is 7.09. The summed E-state index contributed by atoms with van der Waals surface area (Å²) in [5.41, 5.74) is 4.05. The van der Waals surface area contributed by atoms with Gasteiger partial charge in [-0.05, 0) is 37.5 Å². The van der Waals surface area contributed by atoms with Gasteiger partial charge in [-0.15, -0.1) is 11.3 Å². The summed E-state index contributed by atoms with van der Waals surface area (Å²) in [6.07, 6.45) is 3.63. The van der Waals surface area contributed by atoms with Gasteiger partial charge in [0.05, 0.1) is 23.2 Å². The van der Waals surface area contributed by atoms with Crippen LogP contribution in [-0.4, -0.2) is 17.8 Å². The van der Waals surface area contributed by atoms with Gasteiger partial charge in [-0.2, -0.15) is 0 Å². The van der Waals surface area contributed by atoms with E-state index in [0.29, 0.717) is 6.61 Å². The second kappa shape index (κ2) is 7.65. The zero-order chi connectivity index (χ0) is 14.2. The fourth-order valence-corrected chi connectivity index (χ4v) is 2.18. The van der Waals surface area contributed by atoms with Crippen molar-refractivity contribution in [3.8, 4) is 5.75 Å². The van der Waals surface area contributed by atoms with E-state index < -0.39 is 0 Å². The molecular weight excluding hydrogens is 272 g/mol. The normalized spacial score (nSPS) is 11.4. The van der Waals surface area contributed by atoms with Crippen molar-refractivity contribution >= 4 is 17.0 Å². The first-order valence-electron chi connectivity index (χ1n) is 6.43. The molecule has 0 bridgehead atoms. The third-order valence-electron chi connectivity index (χ3n) is 2.85. The standard InChI is InChI=1S/C15H18N2O2S/c1-12(17-19-10-15-9-16-11-20-15)3-4-13-5-7-14(18-2)8-6-13/h5-9,11H,3-4,10H2,1-2H3/b17-12+. The van der Waals surface area contributed by atoms with E-state index in [0.717, 1.165) is 29.2 Å². The Kier molecular flexibility index (Phi) is 5.55. The first kappa shape index (κ1) is 14.5. The van der Waals surface area contributed by atoms with E-state index in [1.54, 1.807) is 30.2 Å². The number of benzene rings is 1. The lowest BCUT2D eigenvalue weighted by molar-refractivity contribution is 0.132. The minimum Gasteiger partial charge on any atom is -0.497 e. The Morgan fingerprint density at radius 1 is 1.30 bits per heavy atom. The number of aromatic nitrogens is 1. The van der Waals surface area contributed by atoms with Crippen molar-refractivity contribution in [3.05, 3.63) is 46.4 Å². The second-order valence-corrected chi connectivity index (χ2v) is 5.39. The molecule has 106 valence electrons. The van der Waals surface area contributed by atoms with Gasteiger partial charge in [0.2, 0.25) is 0 Å². The van der Waals surface area contributed by atoms with Gasteiger partial charge in [0.15, 0.2) is 6.61 Å². The third kappa shape index (κ3) is 4.66. The maximum Gasteiger partial charge on any atom is 0.152 e. The summed E-state index contributed by atoms with van der Waals surface area (Å²) >= 11 is 1.57. The van der Waals surface area contributed by atoms with E-state index >= 15 is 0 Å². The van der Waals surface area contributed by atoms with E-state index in [9.17, 15) is 0 Å². The van der Waals surface area contributed by atoms with E-state index in [1.165, 1.54) is 5.56 Å². The molecule has 0 aliphatic rings. The lowest BCUT2D eigenvalue weighted by atomic mass is 10.1. The van der Waals surface area contributed by atoms with Crippen LogP contribution >= 0.6 is 11.3 Å². The van der Waals surface area contributed by atoms with Crippen LogP contribution in [0.2, 0.25) is 0 Å². The average molecular weight is 290 g/mol. The summed E-state index contributed by atoms with van der Waals surface area (Å²) in [6, 6.07) is 8.10. The van der Waals surface area contributed by atoms with Gasteiger partial charge in [0.25, 0.3) is 0 Å². The molecule has 0 fully saturated rings. The lowest BCUT2D eigenvalue weighted by Crippen LogP contribution is -1.97. The maximum absolute atomic E-state index is 5.30. The lowest BCUT2D eigenvalue weighted by Gasteiger charge is -2.04. The molecule has 4 nitrogen and oxygen atoms in total. The molecule has 1 aromatic heterocycles. The van der Waals surface area contributed by atoms with Crippen LogP contribution in [0.5, 0.6) is 5.75 Å². The Morgan fingerprint density at radius 2 is 2.10 bits per heavy atom. The SMILES string of the molecule is COc1ccc(CC/C(C)=N/OCc2cncs2)cc1. The molecule has 0 aliphatic heterocycles. The van der Waals surface area contributed by atoms with Gasteiger partial charge in [0, 0.05) is 6.20 Å². The Hall–Kier alpha value is -1.88. The molecule has 0 spiro atoms. The predicted molar refractivity (Wildman–Crippen MR) is 81.3 cm³/mol. The summed E-state index contributed by atoms with van der Waals surface area (Å²) in [5, 5.41) is 4.12. The highest BCUT2D eigenvalue weighted by atomic mass is 32.1. The summed E-state index contributed by atoms with van der Waals surface area (Å²) in [5.74, 6) is 0.882. The molecule has 0 aliphatic carbocycles. The van der Waals surface area contributed by atoms with Gasteiger partial charge < -0.3 is 9.57 Å². The van der Waals surface area contributed by atoms with Crippen molar-refractivity contribution in [2.45, 2.75) is 26.4 Å². The molecular formula is C15H18N2O2S. The topological polar surface area (TPSA) is 43.7 Å². The summed E-state index contributed by atoms with van der Waals surface area (Å²) in [7, 11) is 1.67. The zero-order valence-electron chi connectivity index (χ0n) is 11.7. The molecule has 2 rings (SSSR count). The Labute approximate surface area is 123 Å². The van der Waals surface area contributed by atoms with Crippen LogP contribution in [0.1, 0.15) is 23.8 Å². The molecule has 1 aromatic carbocycles. The number of aryl methyl sites for hydroxylation is 1. The van der Waals surface area contributed by atoms with Crippen LogP contribution in [0.15, 0.2) is 41.1 Å². The molecule has 0 amide bonds. The number of oxime groups is 1. The number of methoxy groups -OCH3 is 1. The molecule has 0 atom stereocenters. The fraction of sp³-hybridized carbons (Fsp3) is 0.333. The smallest absolute Gasteiger partial charge is 0.152 e. The van der Waals surface area contributed by atoms with Crippen molar-refractivity contribution in [2.24, 2.45) is 5.16 Å². The molecule has 2 aromatic rings. The molecule has 5 heteroatoms. The zero-order valence-corrected chi connectivity index (χ0v) is 12.5. The van der Waals surface area contributed by atoms with Crippen LogP contribution in [-0.2, 0) is 17.9 Å². The Morgan fingerprint density at radius 3 is 2.75 bits per heavy atom. The van der Waals surface area contributed by atoms with Crippen molar-refractivity contribution in [3.63, 3.8) is 0 Å². The van der Waals surface area contributed by atoms with E-state index in [2.05, 4.69) is 22.3 Å². The number of hydrogen-bond acceptors (Lipinski definition) is 5. The predicted octanol–water partition coefficient (Wildman–Crippen LogP) is 3.68. The van der Waals surface area contributed by atoms with Gasteiger partial charge >= 0.3 is 0 Å². The molecule has 20 heavy (non-hydrogen) atoms. The quantitative estimate of drug-likeness (QED) is 0.577. The van der Waals surface area contributed by atoms with E-state index in [4.69, 9.17) is 9.57 Å². The first-order valence-corrected chi connectivity index (χ1v) is 7.31. The number of nitrogens with zero attached hydrogens (tertiary/aromatic N) is 2. The average Bonchev–Trinajstić information content (AvgIpc) is 2.99. The van der Waals surface area contributed by atoms with Crippen LogP contribution in [0.3, 0.4) is 0 Å². The highest BCUT2D eigenvalue weighted by Gasteiger charge is 1.98. The molecule has 0 unspecified atom stereocenters. The number of hydrogen-bond donors (Lipinski definition) is 0. The van der Waals surface area contributed by atoms with E-state index in [1.807, 2.05) is 19.1 Å². The molecule has 1 heterocycles. The van der Waals surface area contributed by atoms with Crippen LogP contribution in [0, 0.1) is 0 Å². The van der Waals surface area contributed by atoms with Gasteiger partial charge in [0.1, 0.15) is 5.75 Å². The summed E-state index contributed by atoms with van der Waals surface area (Å²) in [6.45, 7) is 2.47. The highest BCUT2D eigenvalue weighted by Crippen LogP contribution is 2.13.